The van der Waals surface area contributed by atoms with Crippen LogP contribution in [0, 0.1) is 6.92 Å². The summed E-state index contributed by atoms with van der Waals surface area (Å²) in [7, 11) is 2.00. The number of amides is 2. The van der Waals surface area contributed by atoms with Crippen molar-refractivity contribution in [1.29, 1.82) is 0 Å². The highest BCUT2D eigenvalue weighted by atomic mass is 16.2. The fourth-order valence-electron chi connectivity index (χ4n) is 2.77. The summed E-state index contributed by atoms with van der Waals surface area (Å²) in [6, 6.07) is 16.5. The molecule has 0 aliphatic rings. The molecular formula is C19H18N2O2. The van der Waals surface area contributed by atoms with Crippen molar-refractivity contribution in [3.8, 4) is 0 Å². The number of fused-ring (bicyclic) bond motifs is 1. The van der Waals surface area contributed by atoms with E-state index in [0.717, 1.165) is 16.6 Å². The third-order valence-corrected chi connectivity index (χ3v) is 4.06. The second kappa shape index (κ2) is 5.72. The van der Waals surface area contributed by atoms with E-state index in [0.29, 0.717) is 11.3 Å². The summed E-state index contributed by atoms with van der Waals surface area (Å²) in [6.45, 7) is 3.43. The van der Waals surface area contributed by atoms with Crippen LogP contribution in [0.15, 0.2) is 54.6 Å². The first-order chi connectivity index (χ1) is 11.0. The average molecular weight is 306 g/mol. The number of carbonyl (C=O) groups is 2. The van der Waals surface area contributed by atoms with Crippen molar-refractivity contribution in [3.63, 3.8) is 0 Å². The highest BCUT2D eigenvalue weighted by molar-refractivity contribution is 6.21. The molecule has 0 radical (unpaired) electrons. The van der Waals surface area contributed by atoms with Crippen LogP contribution < -0.4 is 4.90 Å². The van der Waals surface area contributed by atoms with Crippen molar-refractivity contribution in [2.24, 2.45) is 7.05 Å². The van der Waals surface area contributed by atoms with Crippen molar-refractivity contribution in [2.45, 2.75) is 13.8 Å². The monoisotopic (exact) mass is 306 g/mol. The molecule has 0 N–H and O–H groups in total. The van der Waals surface area contributed by atoms with Crippen LogP contribution in [-0.4, -0.2) is 16.4 Å². The third kappa shape index (κ3) is 2.63. The molecule has 1 heterocycles. The van der Waals surface area contributed by atoms with Gasteiger partial charge in [-0.25, -0.2) is 4.90 Å². The molecule has 0 bridgehead atoms. The Labute approximate surface area is 134 Å². The molecule has 4 nitrogen and oxygen atoms in total. The van der Waals surface area contributed by atoms with E-state index in [9.17, 15) is 9.59 Å². The number of aromatic nitrogens is 1. The highest BCUT2D eigenvalue weighted by Gasteiger charge is 2.22. The van der Waals surface area contributed by atoms with E-state index in [1.807, 2.05) is 44.3 Å². The number of hydrogen-bond donors (Lipinski definition) is 0. The number of imide groups is 1. The van der Waals surface area contributed by atoms with E-state index in [1.54, 1.807) is 24.3 Å². The lowest BCUT2D eigenvalue weighted by atomic mass is 10.1. The van der Waals surface area contributed by atoms with E-state index >= 15 is 0 Å². The minimum atomic E-state index is -0.315. The van der Waals surface area contributed by atoms with Crippen molar-refractivity contribution >= 4 is 28.4 Å². The van der Waals surface area contributed by atoms with Crippen LogP contribution >= 0.6 is 0 Å². The molecule has 0 atom stereocenters. The van der Waals surface area contributed by atoms with Gasteiger partial charge in [0.25, 0.3) is 5.91 Å². The Bertz CT molecular complexity index is 894. The molecular weight excluding hydrogens is 288 g/mol. The van der Waals surface area contributed by atoms with E-state index < -0.39 is 0 Å². The van der Waals surface area contributed by atoms with Gasteiger partial charge in [-0.2, -0.15) is 0 Å². The number of anilines is 1. The van der Waals surface area contributed by atoms with Crippen LogP contribution in [-0.2, 0) is 11.8 Å². The fourth-order valence-corrected chi connectivity index (χ4v) is 2.77. The summed E-state index contributed by atoms with van der Waals surface area (Å²) in [5.74, 6) is -0.615. The Hall–Kier alpha value is -2.88. The first-order valence-corrected chi connectivity index (χ1v) is 7.45. The minimum absolute atomic E-state index is 0.300. The van der Waals surface area contributed by atoms with Gasteiger partial charge in [0.15, 0.2) is 0 Å². The maximum Gasteiger partial charge on any atom is 0.265 e. The van der Waals surface area contributed by atoms with E-state index in [1.165, 1.54) is 11.8 Å². The van der Waals surface area contributed by atoms with Gasteiger partial charge in [0.05, 0.1) is 5.69 Å². The van der Waals surface area contributed by atoms with E-state index in [4.69, 9.17) is 0 Å². The lowest BCUT2D eigenvalue weighted by Gasteiger charge is -2.19. The summed E-state index contributed by atoms with van der Waals surface area (Å²) in [6.07, 6.45) is 0. The molecule has 0 saturated heterocycles. The summed E-state index contributed by atoms with van der Waals surface area (Å²) in [4.78, 5) is 26.0. The molecule has 4 heteroatoms. The van der Waals surface area contributed by atoms with Crippen LogP contribution in [0.3, 0.4) is 0 Å². The maximum atomic E-state index is 12.7. The zero-order chi connectivity index (χ0) is 16.6. The standard InChI is InChI=1S/C19H18N2O2/c1-13-11-16-12-17(9-10-18(16)20(13)3)21(14(2)22)19(23)15-7-5-4-6-8-15/h4-12H,1-3H3. The smallest absolute Gasteiger partial charge is 0.265 e. The fraction of sp³-hybridized carbons (Fsp3) is 0.158. The van der Waals surface area contributed by atoms with Crippen LogP contribution in [0.4, 0.5) is 5.69 Å². The van der Waals surface area contributed by atoms with Crippen molar-refractivity contribution < 1.29 is 9.59 Å². The summed E-state index contributed by atoms with van der Waals surface area (Å²) < 4.78 is 2.08. The van der Waals surface area contributed by atoms with Gasteiger partial charge in [0.1, 0.15) is 0 Å². The van der Waals surface area contributed by atoms with Gasteiger partial charge < -0.3 is 4.57 Å². The van der Waals surface area contributed by atoms with Gasteiger partial charge in [-0.05, 0) is 43.3 Å². The van der Waals surface area contributed by atoms with Gasteiger partial charge >= 0.3 is 0 Å². The number of benzene rings is 2. The molecule has 1 aromatic heterocycles. The number of rotatable bonds is 2. The summed E-state index contributed by atoms with van der Waals surface area (Å²) in [5, 5.41) is 1.01. The predicted molar refractivity (Wildman–Crippen MR) is 91.6 cm³/mol. The number of aryl methyl sites for hydroxylation is 2. The Kier molecular flexibility index (Phi) is 3.74. The molecule has 116 valence electrons. The molecule has 0 aliphatic carbocycles. The quantitative estimate of drug-likeness (QED) is 0.725. The molecule has 23 heavy (non-hydrogen) atoms. The van der Waals surface area contributed by atoms with E-state index in [2.05, 4.69) is 4.57 Å². The lowest BCUT2D eigenvalue weighted by molar-refractivity contribution is -0.115. The summed E-state index contributed by atoms with van der Waals surface area (Å²) >= 11 is 0. The molecule has 0 spiro atoms. The second-order valence-electron chi connectivity index (χ2n) is 5.61. The van der Waals surface area contributed by atoms with Crippen LogP contribution in [0.1, 0.15) is 23.0 Å². The molecule has 3 rings (SSSR count). The average Bonchev–Trinajstić information content (AvgIpc) is 2.82. The SMILES string of the molecule is CC(=O)N(C(=O)c1ccccc1)c1ccc2c(c1)cc(C)n2C. The Morgan fingerprint density at radius 3 is 2.35 bits per heavy atom. The molecule has 2 amide bonds. The molecule has 3 aromatic rings. The topological polar surface area (TPSA) is 42.3 Å². The zero-order valence-electron chi connectivity index (χ0n) is 13.4. The minimum Gasteiger partial charge on any atom is -0.348 e. The van der Waals surface area contributed by atoms with Crippen molar-refractivity contribution in [3.05, 3.63) is 65.9 Å². The Balaban J connectivity index is 2.08. The van der Waals surface area contributed by atoms with Gasteiger partial charge in [-0.3, -0.25) is 9.59 Å². The van der Waals surface area contributed by atoms with Gasteiger partial charge in [-0.1, -0.05) is 18.2 Å². The van der Waals surface area contributed by atoms with Crippen molar-refractivity contribution in [1.82, 2.24) is 4.57 Å². The van der Waals surface area contributed by atoms with Crippen LogP contribution in [0.25, 0.3) is 10.9 Å². The van der Waals surface area contributed by atoms with E-state index in [-0.39, 0.29) is 11.8 Å². The van der Waals surface area contributed by atoms with Crippen LogP contribution in [0.2, 0.25) is 0 Å². The van der Waals surface area contributed by atoms with Gasteiger partial charge in [-0.15, -0.1) is 0 Å². The Morgan fingerprint density at radius 1 is 1.00 bits per heavy atom. The number of hydrogen-bond acceptors (Lipinski definition) is 2. The highest BCUT2D eigenvalue weighted by Crippen LogP contribution is 2.26. The number of carbonyl (C=O) groups excluding carboxylic acids is 2. The third-order valence-electron chi connectivity index (χ3n) is 4.06. The molecule has 0 fully saturated rings. The first-order valence-electron chi connectivity index (χ1n) is 7.45. The molecule has 2 aromatic carbocycles. The zero-order valence-corrected chi connectivity index (χ0v) is 13.4. The van der Waals surface area contributed by atoms with Crippen LogP contribution in [0.5, 0.6) is 0 Å². The Morgan fingerprint density at radius 2 is 1.70 bits per heavy atom. The lowest BCUT2D eigenvalue weighted by Crippen LogP contribution is -2.35. The van der Waals surface area contributed by atoms with Gasteiger partial charge in [0, 0.05) is 36.1 Å². The molecule has 0 aliphatic heterocycles. The first kappa shape index (κ1) is 15.0. The largest absolute Gasteiger partial charge is 0.348 e. The number of nitrogens with zero attached hydrogens (tertiary/aromatic N) is 2. The molecule has 0 unspecified atom stereocenters. The second-order valence-corrected chi connectivity index (χ2v) is 5.61. The summed E-state index contributed by atoms with van der Waals surface area (Å²) in [5.41, 5.74) is 3.28. The molecule has 0 saturated carbocycles. The van der Waals surface area contributed by atoms with Crippen molar-refractivity contribution in [2.75, 3.05) is 4.90 Å². The normalized spacial score (nSPS) is 10.7. The maximum absolute atomic E-state index is 12.7. The van der Waals surface area contributed by atoms with Gasteiger partial charge in [0.2, 0.25) is 5.91 Å². The predicted octanol–water partition coefficient (Wildman–Crippen LogP) is 3.68.